The maximum atomic E-state index is 11.7. The molecule has 0 aliphatic carbocycles. The van der Waals surface area contributed by atoms with E-state index < -0.39 is 11.9 Å². The average Bonchev–Trinajstić information content (AvgIpc) is 3.03. The van der Waals surface area contributed by atoms with Gasteiger partial charge in [0.05, 0.1) is 12.2 Å². The zero-order valence-electron chi connectivity index (χ0n) is 11.9. The fourth-order valence-corrected chi connectivity index (χ4v) is 1.97. The zero-order chi connectivity index (χ0) is 15.8. The van der Waals surface area contributed by atoms with Crippen LogP contribution in [-0.2, 0) is 16.0 Å². The largest absolute Gasteiger partial charge is 0.481 e. The molecule has 0 saturated carbocycles. The molecule has 2 rings (SSSR count). The highest BCUT2D eigenvalue weighted by atomic mass is 16.4. The average molecular weight is 299 g/mol. The van der Waals surface area contributed by atoms with Crippen molar-refractivity contribution in [1.29, 1.82) is 0 Å². The van der Waals surface area contributed by atoms with Crippen molar-refractivity contribution in [2.45, 2.75) is 6.42 Å². The summed E-state index contributed by atoms with van der Waals surface area (Å²) in [5.41, 5.74) is 0.926. The van der Waals surface area contributed by atoms with Gasteiger partial charge in [-0.3, -0.25) is 9.59 Å². The molecule has 0 aliphatic heterocycles. The number of carbonyl (C=O) groups excluding carboxylic acids is 1. The molecule has 2 aromatic rings. The van der Waals surface area contributed by atoms with Crippen LogP contribution in [0.25, 0.3) is 6.08 Å². The molecule has 0 saturated heterocycles. The normalized spacial score (nSPS) is 12.2. The number of rotatable bonds is 7. The Morgan fingerprint density at radius 3 is 2.59 bits per heavy atom. The number of amides is 1. The van der Waals surface area contributed by atoms with Crippen molar-refractivity contribution in [2.75, 3.05) is 6.54 Å². The van der Waals surface area contributed by atoms with Crippen molar-refractivity contribution in [2.24, 2.45) is 5.92 Å². The second kappa shape index (κ2) is 7.83. The fraction of sp³-hybridized carbons (Fsp3) is 0.176. The molecule has 0 bridgehead atoms. The number of carboxylic acids is 1. The number of furan rings is 1. The Morgan fingerprint density at radius 1 is 1.18 bits per heavy atom. The van der Waals surface area contributed by atoms with Crippen LogP contribution >= 0.6 is 0 Å². The third-order valence-corrected chi connectivity index (χ3v) is 3.14. The fourth-order valence-electron chi connectivity index (χ4n) is 1.97. The van der Waals surface area contributed by atoms with E-state index in [0.29, 0.717) is 12.2 Å². The molecular weight excluding hydrogens is 282 g/mol. The highest BCUT2D eigenvalue weighted by Gasteiger charge is 2.18. The lowest BCUT2D eigenvalue weighted by molar-refractivity contribution is -0.141. The van der Waals surface area contributed by atoms with Crippen LogP contribution in [0, 0.1) is 5.92 Å². The molecule has 1 heterocycles. The molecule has 1 atom stereocenters. The highest BCUT2D eigenvalue weighted by molar-refractivity contribution is 5.91. The lowest BCUT2D eigenvalue weighted by Crippen LogP contribution is -2.33. The van der Waals surface area contributed by atoms with E-state index in [9.17, 15) is 14.7 Å². The molecular formula is C17H17NO4. The summed E-state index contributed by atoms with van der Waals surface area (Å²) in [6, 6.07) is 12.8. The molecule has 0 fully saturated rings. The second-order valence-electron chi connectivity index (χ2n) is 4.82. The first-order chi connectivity index (χ1) is 10.6. The summed E-state index contributed by atoms with van der Waals surface area (Å²) in [5.74, 6) is -1.38. The van der Waals surface area contributed by atoms with Crippen LogP contribution in [0.3, 0.4) is 0 Å². The van der Waals surface area contributed by atoms with Gasteiger partial charge < -0.3 is 14.8 Å². The first-order valence-corrected chi connectivity index (χ1v) is 6.91. The second-order valence-corrected chi connectivity index (χ2v) is 4.82. The summed E-state index contributed by atoms with van der Waals surface area (Å²) in [7, 11) is 0. The van der Waals surface area contributed by atoms with E-state index in [1.54, 1.807) is 12.1 Å². The zero-order valence-corrected chi connectivity index (χ0v) is 11.9. The van der Waals surface area contributed by atoms with E-state index in [1.807, 2.05) is 30.3 Å². The third-order valence-electron chi connectivity index (χ3n) is 3.14. The van der Waals surface area contributed by atoms with Gasteiger partial charge in [-0.15, -0.1) is 0 Å². The first-order valence-electron chi connectivity index (χ1n) is 6.91. The van der Waals surface area contributed by atoms with E-state index in [-0.39, 0.29) is 12.5 Å². The maximum Gasteiger partial charge on any atom is 0.308 e. The van der Waals surface area contributed by atoms with Gasteiger partial charge in [-0.1, -0.05) is 30.3 Å². The lowest BCUT2D eigenvalue weighted by Gasteiger charge is -2.12. The molecule has 5 heteroatoms. The molecule has 1 aromatic carbocycles. The van der Waals surface area contributed by atoms with Crippen molar-refractivity contribution >= 4 is 18.0 Å². The van der Waals surface area contributed by atoms with Crippen LogP contribution in [0.1, 0.15) is 11.3 Å². The van der Waals surface area contributed by atoms with Gasteiger partial charge in [0.1, 0.15) is 5.76 Å². The quantitative estimate of drug-likeness (QED) is 0.769. The molecule has 5 nitrogen and oxygen atoms in total. The number of carboxylic acid groups (broad SMARTS) is 1. The minimum absolute atomic E-state index is 0.0750. The molecule has 0 radical (unpaired) electrons. The summed E-state index contributed by atoms with van der Waals surface area (Å²) in [6.07, 6.45) is 4.73. The SMILES string of the molecule is O=C(C=Cc1ccco1)NCC(Cc1ccccc1)C(=O)O. The Labute approximate surface area is 128 Å². The van der Waals surface area contributed by atoms with Gasteiger partial charge in [0.25, 0.3) is 0 Å². The van der Waals surface area contributed by atoms with Crippen molar-refractivity contribution < 1.29 is 19.1 Å². The van der Waals surface area contributed by atoms with Crippen LogP contribution in [0.4, 0.5) is 0 Å². The van der Waals surface area contributed by atoms with Gasteiger partial charge in [-0.2, -0.15) is 0 Å². The summed E-state index contributed by atoms with van der Waals surface area (Å²) in [4.78, 5) is 23.0. The Morgan fingerprint density at radius 2 is 1.95 bits per heavy atom. The number of carbonyl (C=O) groups is 2. The Kier molecular flexibility index (Phi) is 5.54. The smallest absolute Gasteiger partial charge is 0.308 e. The molecule has 2 N–H and O–H groups in total. The molecule has 1 unspecified atom stereocenters. The Hall–Kier alpha value is -2.82. The number of hydrogen-bond donors (Lipinski definition) is 2. The van der Waals surface area contributed by atoms with Crippen molar-refractivity contribution in [3.8, 4) is 0 Å². The summed E-state index contributed by atoms with van der Waals surface area (Å²) in [6.45, 7) is 0.0750. The van der Waals surface area contributed by atoms with E-state index >= 15 is 0 Å². The van der Waals surface area contributed by atoms with Crippen LogP contribution in [0.15, 0.2) is 59.2 Å². The standard InChI is InChI=1S/C17H17NO4/c19-16(9-8-15-7-4-10-22-15)18-12-14(17(20)21)11-13-5-2-1-3-6-13/h1-10,14H,11-12H2,(H,18,19)(H,20,21). The summed E-state index contributed by atoms with van der Waals surface area (Å²) < 4.78 is 5.07. The van der Waals surface area contributed by atoms with Gasteiger partial charge in [0, 0.05) is 12.6 Å². The number of aliphatic carboxylic acids is 1. The van der Waals surface area contributed by atoms with Gasteiger partial charge in [-0.25, -0.2) is 0 Å². The van der Waals surface area contributed by atoms with Crippen LogP contribution in [-0.4, -0.2) is 23.5 Å². The van der Waals surface area contributed by atoms with Gasteiger partial charge >= 0.3 is 5.97 Å². The lowest BCUT2D eigenvalue weighted by atomic mass is 9.99. The molecule has 1 aromatic heterocycles. The van der Waals surface area contributed by atoms with Crippen LogP contribution in [0.5, 0.6) is 0 Å². The predicted molar refractivity (Wildman–Crippen MR) is 82.0 cm³/mol. The minimum atomic E-state index is -0.931. The number of hydrogen-bond acceptors (Lipinski definition) is 3. The molecule has 1 amide bonds. The highest BCUT2D eigenvalue weighted by Crippen LogP contribution is 2.08. The Bertz CT molecular complexity index is 632. The molecule has 0 aliphatic rings. The molecule has 0 spiro atoms. The predicted octanol–water partition coefficient (Wildman–Crippen LogP) is 2.35. The van der Waals surface area contributed by atoms with E-state index in [2.05, 4.69) is 5.32 Å². The van der Waals surface area contributed by atoms with Gasteiger partial charge in [0.15, 0.2) is 0 Å². The van der Waals surface area contributed by atoms with Crippen LogP contribution in [0.2, 0.25) is 0 Å². The van der Waals surface area contributed by atoms with E-state index in [1.165, 1.54) is 18.4 Å². The third kappa shape index (κ3) is 4.94. The van der Waals surface area contributed by atoms with E-state index in [0.717, 1.165) is 5.56 Å². The van der Waals surface area contributed by atoms with Crippen molar-refractivity contribution in [1.82, 2.24) is 5.32 Å². The molecule has 114 valence electrons. The number of benzene rings is 1. The van der Waals surface area contributed by atoms with Gasteiger partial charge in [-0.05, 0) is 30.2 Å². The monoisotopic (exact) mass is 299 g/mol. The first kappa shape index (κ1) is 15.6. The maximum absolute atomic E-state index is 11.7. The van der Waals surface area contributed by atoms with E-state index in [4.69, 9.17) is 4.42 Å². The van der Waals surface area contributed by atoms with Crippen molar-refractivity contribution in [3.05, 3.63) is 66.1 Å². The summed E-state index contributed by atoms with van der Waals surface area (Å²) >= 11 is 0. The Balaban J connectivity index is 1.86. The number of nitrogens with one attached hydrogen (secondary N) is 1. The van der Waals surface area contributed by atoms with Crippen LogP contribution < -0.4 is 5.32 Å². The minimum Gasteiger partial charge on any atom is -0.481 e. The van der Waals surface area contributed by atoms with Crippen molar-refractivity contribution in [3.63, 3.8) is 0 Å². The topological polar surface area (TPSA) is 79.5 Å². The van der Waals surface area contributed by atoms with Gasteiger partial charge in [0.2, 0.25) is 5.91 Å². The molecule has 22 heavy (non-hydrogen) atoms. The summed E-state index contributed by atoms with van der Waals surface area (Å²) in [5, 5.41) is 11.8.